The van der Waals surface area contributed by atoms with Crippen LogP contribution in [0.15, 0.2) is 18.6 Å². The number of rotatable bonds is 5. The molecule has 3 N–H and O–H groups in total. The summed E-state index contributed by atoms with van der Waals surface area (Å²) in [6.07, 6.45) is 4.91. The van der Waals surface area contributed by atoms with Crippen molar-refractivity contribution in [3.63, 3.8) is 0 Å². The minimum absolute atomic E-state index is 0.00303. The number of hydrogen-bond donors (Lipinski definition) is 3. The Kier molecular flexibility index (Phi) is 4.14. The van der Waals surface area contributed by atoms with Crippen LogP contribution in [0.1, 0.15) is 25.6 Å². The van der Waals surface area contributed by atoms with E-state index in [4.69, 9.17) is 5.11 Å². The Morgan fingerprint density at radius 3 is 2.80 bits per heavy atom. The fourth-order valence-electron chi connectivity index (χ4n) is 1.07. The van der Waals surface area contributed by atoms with Crippen molar-refractivity contribution in [1.82, 2.24) is 15.3 Å². The van der Waals surface area contributed by atoms with Crippen molar-refractivity contribution < 1.29 is 10.2 Å². The van der Waals surface area contributed by atoms with E-state index in [1.54, 1.807) is 25.5 Å². The van der Waals surface area contributed by atoms with E-state index in [1.807, 2.05) is 6.92 Å². The van der Waals surface area contributed by atoms with Crippen LogP contribution in [-0.2, 0) is 0 Å². The molecule has 15 heavy (non-hydrogen) atoms. The lowest BCUT2D eigenvalue weighted by molar-refractivity contribution is 0.000972. The van der Waals surface area contributed by atoms with Crippen LogP contribution >= 0.6 is 0 Å². The van der Waals surface area contributed by atoms with Crippen molar-refractivity contribution in [3.05, 3.63) is 24.3 Å². The number of nitrogens with zero attached hydrogens (tertiary/aromatic N) is 2. The van der Waals surface area contributed by atoms with E-state index in [1.165, 1.54) is 0 Å². The molecule has 0 saturated heterocycles. The Morgan fingerprint density at radius 1 is 1.53 bits per heavy atom. The highest BCUT2D eigenvalue weighted by Gasteiger charge is 2.20. The van der Waals surface area contributed by atoms with Crippen molar-refractivity contribution in [2.45, 2.75) is 25.5 Å². The van der Waals surface area contributed by atoms with Gasteiger partial charge >= 0.3 is 0 Å². The van der Waals surface area contributed by atoms with Gasteiger partial charge in [0.25, 0.3) is 0 Å². The van der Waals surface area contributed by atoms with Crippen LogP contribution in [0.3, 0.4) is 0 Å². The largest absolute Gasteiger partial charge is 0.393 e. The van der Waals surface area contributed by atoms with Crippen LogP contribution in [-0.4, -0.2) is 38.9 Å². The van der Waals surface area contributed by atoms with Gasteiger partial charge in [-0.1, -0.05) is 0 Å². The predicted octanol–water partition coefficient (Wildman–Crippen LogP) is -0.130. The molecular weight excluding hydrogens is 194 g/mol. The van der Waals surface area contributed by atoms with Crippen LogP contribution in [0.5, 0.6) is 0 Å². The molecule has 5 heteroatoms. The van der Waals surface area contributed by atoms with Crippen molar-refractivity contribution >= 4 is 0 Å². The summed E-state index contributed by atoms with van der Waals surface area (Å²) in [6.45, 7) is 3.54. The van der Waals surface area contributed by atoms with Gasteiger partial charge in [0.15, 0.2) is 0 Å². The summed E-state index contributed by atoms with van der Waals surface area (Å²) in [5.41, 5.74) is -0.289. The third kappa shape index (κ3) is 3.91. The van der Waals surface area contributed by atoms with Crippen molar-refractivity contribution in [2.24, 2.45) is 0 Å². The maximum absolute atomic E-state index is 9.57. The molecule has 0 aromatic carbocycles. The number of hydrogen-bond acceptors (Lipinski definition) is 5. The van der Waals surface area contributed by atoms with E-state index in [0.29, 0.717) is 6.54 Å². The van der Waals surface area contributed by atoms with Gasteiger partial charge in [0.05, 0.1) is 17.9 Å². The third-order valence-electron chi connectivity index (χ3n) is 2.16. The average molecular weight is 211 g/mol. The van der Waals surface area contributed by atoms with Crippen LogP contribution in [0.2, 0.25) is 0 Å². The summed E-state index contributed by atoms with van der Waals surface area (Å²) in [4.78, 5) is 8.09. The smallest absolute Gasteiger partial charge is 0.0973 e. The van der Waals surface area contributed by atoms with Gasteiger partial charge in [-0.15, -0.1) is 0 Å². The molecule has 0 aliphatic carbocycles. The number of aliphatic hydroxyl groups excluding tert-OH is 1. The van der Waals surface area contributed by atoms with Crippen molar-refractivity contribution in [3.8, 4) is 0 Å². The lowest BCUT2D eigenvalue weighted by atomic mass is 10.1. The monoisotopic (exact) mass is 211 g/mol. The third-order valence-corrected chi connectivity index (χ3v) is 2.16. The molecule has 84 valence electrons. The predicted molar refractivity (Wildman–Crippen MR) is 56.2 cm³/mol. The molecule has 0 spiro atoms. The molecule has 0 radical (unpaired) electrons. The molecule has 1 aromatic rings. The molecule has 1 aromatic heterocycles. The van der Waals surface area contributed by atoms with Gasteiger partial charge in [-0.3, -0.25) is 9.97 Å². The fraction of sp³-hybridized carbons (Fsp3) is 0.600. The van der Waals surface area contributed by atoms with E-state index in [9.17, 15) is 5.11 Å². The van der Waals surface area contributed by atoms with Gasteiger partial charge in [0, 0.05) is 31.2 Å². The zero-order chi connectivity index (χ0) is 11.3. The van der Waals surface area contributed by atoms with E-state index in [-0.39, 0.29) is 12.6 Å². The maximum atomic E-state index is 9.57. The molecule has 2 atom stereocenters. The quantitative estimate of drug-likeness (QED) is 0.632. The summed E-state index contributed by atoms with van der Waals surface area (Å²) in [5, 5.41) is 21.5. The van der Waals surface area contributed by atoms with E-state index < -0.39 is 5.60 Å². The summed E-state index contributed by atoms with van der Waals surface area (Å²) in [5.74, 6) is 0. The number of nitrogens with one attached hydrogen (secondary N) is 1. The molecule has 0 bridgehead atoms. The van der Waals surface area contributed by atoms with Gasteiger partial charge in [-0.2, -0.15) is 0 Å². The summed E-state index contributed by atoms with van der Waals surface area (Å²) >= 11 is 0. The molecule has 0 saturated carbocycles. The molecule has 2 unspecified atom stereocenters. The van der Waals surface area contributed by atoms with Gasteiger partial charge in [0.2, 0.25) is 0 Å². The second kappa shape index (κ2) is 5.16. The Bertz CT molecular complexity index is 290. The first-order valence-corrected chi connectivity index (χ1v) is 4.88. The fourth-order valence-corrected chi connectivity index (χ4v) is 1.07. The topological polar surface area (TPSA) is 78.3 Å². The highest BCUT2D eigenvalue weighted by molar-refractivity contribution is 5.00. The summed E-state index contributed by atoms with van der Waals surface area (Å²) < 4.78 is 0. The SMILES string of the molecule is CC(NCC(C)(O)CO)c1cnccn1. The summed E-state index contributed by atoms with van der Waals surface area (Å²) in [6, 6.07) is -0.00303. The standard InChI is InChI=1S/C10H17N3O2/c1-8(9-5-11-3-4-12-9)13-6-10(2,15)7-14/h3-5,8,13-15H,6-7H2,1-2H3. The Morgan fingerprint density at radius 2 is 2.27 bits per heavy atom. The first-order chi connectivity index (χ1) is 7.05. The summed E-state index contributed by atoms with van der Waals surface area (Å²) in [7, 11) is 0. The maximum Gasteiger partial charge on any atom is 0.0973 e. The first-order valence-electron chi connectivity index (χ1n) is 4.88. The van der Waals surface area contributed by atoms with Gasteiger partial charge in [0.1, 0.15) is 0 Å². The van der Waals surface area contributed by atoms with E-state index >= 15 is 0 Å². The molecule has 0 aliphatic heterocycles. The lowest BCUT2D eigenvalue weighted by Gasteiger charge is -2.23. The van der Waals surface area contributed by atoms with Crippen molar-refractivity contribution in [1.29, 1.82) is 0 Å². The highest BCUT2D eigenvalue weighted by Crippen LogP contribution is 2.08. The van der Waals surface area contributed by atoms with Crippen LogP contribution < -0.4 is 5.32 Å². The Hall–Kier alpha value is -1.04. The van der Waals surface area contributed by atoms with Gasteiger partial charge in [-0.05, 0) is 13.8 Å². The number of aliphatic hydroxyl groups is 2. The molecular formula is C10H17N3O2. The van der Waals surface area contributed by atoms with Crippen LogP contribution in [0.4, 0.5) is 0 Å². The average Bonchev–Trinajstić information content (AvgIpc) is 2.27. The minimum Gasteiger partial charge on any atom is -0.393 e. The lowest BCUT2D eigenvalue weighted by Crippen LogP contribution is -2.41. The minimum atomic E-state index is -1.10. The van der Waals surface area contributed by atoms with Crippen LogP contribution in [0, 0.1) is 0 Å². The van der Waals surface area contributed by atoms with Crippen molar-refractivity contribution in [2.75, 3.05) is 13.2 Å². The van der Waals surface area contributed by atoms with Crippen LogP contribution in [0.25, 0.3) is 0 Å². The molecule has 1 rings (SSSR count). The normalized spacial score (nSPS) is 17.1. The second-order valence-electron chi connectivity index (χ2n) is 3.89. The number of aromatic nitrogens is 2. The zero-order valence-electron chi connectivity index (χ0n) is 9.01. The Labute approximate surface area is 89.2 Å². The van der Waals surface area contributed by atoms with E-state index in [2.05, 4.69) is 15.3 Å². The van der Waals surface area contributed by atoms with E-state index in [0.717, 1.165) is 5.69 Å². The Balaban J connectivity index is 2.47. The highest BCUT2D eigenvalue weighted by atomic mass is 16.3. The first kappa shape index (κ1) is 12.0. The van der Waals surface area contributed by atoms with Gasteiger partial charge < -0.3 is 15.5 Å². The zero-order valence-corrected chi connectivity index (χ0v) is 9.01. The second-order valence-corrected chi connectivity index (χ2v) is 3.89. The van der Waals surface area contributed by atoms with Gasteiger partial charge in [-0.25, -0.2) is 0 Å². The molecule has 0 aliphatic rings. The molecule has 0 fully saturated rings. The molecule has 0 amide bonds. The molecule has 1 heterocycles. The molecule has 5 nitrogen and oxygen atoms in total.